The second-order valence-corrected chi connectivity index (χ2v) is 5.95. The van der Waals surface area contributed by atoms with E-state index in [1.807, 2.05) is 17.7 Å². The third-order valence-corrected chi connectivity index (χ3v) is 4.34. The van der Waals surface area contributed by atoms with Crippen LogP contribution in [0.5, 0.6) is 0 Å². The molecule has 8 nitrogen and oxygen atoms in total. The monoisotopic (exact) mass is 323 g/mol. The topological polar surface area (TPSA) is 90.5 Å². The number of nitrogens with one attached hydrogen (secondary N) is 1. The summed E-state index contributed by atoms with van der Waals surface area (Å²) in [5.41, 5.74) is 0.896. The van der Waals surface area contributed by atoms with Gasteiger partial charge in [0.2, 0.25) is 11.1 Å². The second-order valence-electron chi connectivity index (χ2n) is 5.01. The van der Waals surface area contributed by atoms with Crippen LogP contribution in [0.25, 0.3) is 0 Å². The zero-order valence-corrected chi connectivity index (χ0v) is 14.1. The van der Waals surface area contributed by atoms with Gasteiger partial charge < -0.3 is 5.32 Å². The van der Waals surface area contributed by atoms with Crippen LogP contribution < -0.4 is 5.32 Å². The predicted octanol–water partition coefficient (Wildman–Crippen LogP) is 1.81. The average molecular weight is 323 g/mol. The van der Waals surface area contributed by atoms with Gasteiger partial charge in [0.25, 0.3) is 0 Å². The normalized spacial score (nSPS) is 11.1. The van der Waals surface area contributed by atoms with Gasteiger partial charge in [0.05, 0.1) is 17.5 Å². The van der Waals surface area contributed by atoms with Crippen molar-refractivity contribution in [2.75, 3.05) is 11.1 Å². The van der Waals surface area contributed by atoms with Crippen LogP contribution in [0.3, 0.4) is 0 Å². The number of carbonyl (C=O) groups is 1. The van der Waals surface area contributed by atoms with Crippen LogP contribution in [0.4, 0.5) is 5.82 Å². The Morgan fingerprint density at radius 2 is 2.14 bits per heavy atom. The summed E-state index contributed by atoms with van der Waals surface area (Å²) >= 11 is 1.30. The molecule has 2 rings (SSSR count). The molecular weight excluding hydrogens is 302 g/mol. The summed E-state index contributed by atoms with van der Waals surface area (Å²) in [6.07, 6.45) is 1.94. The van der Waals surface area contributed by atoms with Crippen molar-refractivity contribution in [2.45, 2.75) is 44.8 Å². The molecule has 0 atom stereocenters. The van der Waals surface area contributed by atoms with Crippen LogP contribution in [0.15, 0.2) is 11.2 Å². The molecule has 2 aromatic rings. The van der Waals surface area contributed by atoms with Crippen LogP contribution in [0.1, 0.15) is 38.4 Å². The number of hydrogen-bond acceptors (Lipinski definition) is 6. The largest absolute Gasteiger partial charge is 0.310 e. The van der Waals surface area contributed by atoms with Gasteiger partial charge in [-0.25, -0.2) is 9.36 Å². The Kier molecular flexibility index (Phi) is 5.53. The molecule has 0 saturated carbocycles. The molecule has 0 aliphatic heterocycles. The predicted molar refractivity (Wildman–Crippen MR) is 84.7 cm³/mol. The van der Waals surface area contributed by atoms with Gasteiger partial charge in [-0.3, -0.25) is 4.79 Å². The molecule has 0 aromatic carbocycles. The van der Waals surface area contributed by atoms with Gasteiger partial charge in [-0.1, -0.05) is 25.6 Å². The lowest BCUT2D eigenvalue weighted by atomic mass is 10.2. The standard InChI is InChI=1S/C13H21N7OS/c1-5-10(6-2)20-11(7-9(3)16-20)14-12(21)8-22-13-15-17-18-19(13)4/h7,10H,5-6,8H2,1-4H3,(H,14,21). The fourth-order valence-corrected chi connectivity index (χ4v) is 2.83. The minimum atomic E-state index is -0.0971. The Hall–Kier alpha value is -1.90. The zero-order chi connectivity index (χ0) is 16.1. The minimum Gasteiger partial charge on any atom is -0.310 e. The number of aromatic nitrogens is 6. The van der Waals surface area contributed by atoms with Gasteiger partial charge >= 0.3 is 0 Å². The first-order valence-corrected chi connectivity index (χ1v) is 8.24. The third-order valence-electron chi connectivity index (χ3n) is 3.33. The van der Waals surface area contributed by atoms with Crippen LogP contribution in [-0.4, -0.2) is 41.6 Å². The molecular formula is C13H21N7OS. The van der Waals surface area contributed by atoms with Crippen molar-refractivity contribution in [1.82, 2.24) is 30.0 Å². The second kappa shape index (κ2) is 7.39. The first-order chi connectivity index (χ1) is 10.5. The molecule has 0 radical (unpaired) electrons. The number of rotatable bonds is 7. The maximum absolute atomic E-state index is 12.1. The fraction of sp³-hybridized carbons (Fsp3) is 0.615. The highest BCUT2D eigenvalue weighted by Gasteiger charge is 2.16. The van der Waals surface area contributed by atoms with Crippen molar-refractivity contribution in [3.05, 3.63) is 11.8 Å². The smallest absolute Gasteiger partial charge is 0.235 e. The number of anilines is 1. The molecule has 0 fully saturated rings. The lowest BCUT2D eigenvalue weighted by molar-refractivity contribution is -0.113. The van der Waals surface area contributed by atoms with Crippen LogP contribution >= 0.6 is 11.8 Å². The molecule has 0 unspecified atom stereocenters. The number of nitrogens with zero attached hydrogens (tertiary/aromatic N) is 6. The molecule has 2 heterocycles. The summed E-state index contributed by atoms with van der Waals surface area (Å²) in [7, 11) is 1.74. The Balaban J connectivity index is 2.01. The summed E-state index contributed by atoms with van der Waals surface area (Å²) in [5.74, 6) is 0.898. The Bertz CT molecular complexity index is 632. The number of hydrogen-bond donors (Lipinski definition) is 1. The Labute approximate surface area is 133 Å². The molecule has 0 bridgehead atoms. The summed E-state index contributed by atoms with van der Waals surface area (Å²) in [4.78, 5) is 12.1. The van der Waals surface area contributed by atoms with Crippen LogP contribution in [0, 0.1) is 6.92 Å². The lowest BCUT2D eigenvalue weighted by Gasteiger charge is -2.16. The maximum Gasteiger partial charge on any atom is 0.235 e. The van der Waals surface area contributed by atoms with Gasteiger partial charge in [-0.2, -0.15) is 5.10 Å². The highest BCUT2D eigenvalue weighted by molar-refractivity contribution is 7.99. The molecule has 0 aliphatic rings. The molecule has 1 N–H and O–H groups in total. The van der Waals surface area contributed by atoms with E-state index in [1.54, 1.807) is 7.05 Å². The Morgan fingerprint density at radius 1 is 1.41 bits per heavy atom. The van der Waals surface area contributed by atoms with E-state index in [2.05, 4.69) is 39.8 Å². The maximum atomic E-state index is 12.1. The number of tetrazole rings is 1. The average Bonchev–Trinajstić information content (AvgIpc) is 3.05. The molecule has 0 aliphatic carbocycles. The van der Waals surface area contributed by atoms with Crippen molar-refractivity contribution >= 4 is 23.5 Å². The van der Waals surface area contributed by atoms with Crippen molar-refractivity contribution < 1.29 is 4.79 Å². The summed E-state index contributed by atoms with van der Waals surface area (Å²) in [6, 6.07) is 2.18. The van der Waals surface area contributed by atoms with Gasteiger partial charge in [0.1, 0.15) is 5.82 Å². The third kappa shape index (κ3) is 3.85. The molecule has 22 heavy (non-hydrogen) atoms. The summed E-state index contributed by atoms with van der Waals surface area (Å²) < 4.78 is 3.44. The van der Waals surface area contributed by atoms with E-state index in [4.69, 9.17) is 0 Å². The zero-order valence-electron chi connectivity index (χ0n) is 13.3. The fourth-order valence-electron chi connectivity index (χ4n) is 2.18. The first-order valence-electron chi connectivity index (χ1n) is 7.26. The molecule has 0 spiro atoms. The molecule has 9 heteroatoms. The summed E-state index contributed by atoms with van der Waals surface area (Å²) in [6.45, 7) is 6.16. The molecule has 2 aromatic heterocycles. The van der Waals surface area contributed by atoms with Crippen molar-refractivity contribution in [3.8, 4) is 0 Å². The lowest BCUT2D eigenvalue weighted by Crippen LogP contribution is -2.19. The van der Waals surface area contributed by atoms with Crippen molar-refractivity contribution in [3.63, 3.8) is 0 Å². The van der Waals surface area contributed by atoms with Gasteiger partial charge in [0.15, 0.2) is 0 Å². The van der Waals surface area contributed by atoms with E-state index in [0.717, 1.165) is 24.4 Å². The number of carbonyl (C=O) groups excluding carboxylic acids is 1. The highest BCUT2D eigenvalue weighted by atomic mass is 32.2. The molecule has 1 amide bonds. The van der Waals surface area contributed by atoms with Crippen molar-refractivity contribution in [1.29, 1.82) is 0 Å². The number of thioether (sulfide) groups is 1. The van der Waals surface area contributed by atoms with Crippen molar-refractivity contribution in [2.24, 2.45) is 7.05 Å². The van der Waals surface area contributed by atoms with Gasteiger partial charge in [-0.15, -0.1) is 5.10 Å². The van der Waals surface area contributed by atoms with E-state index in [9.17, 15) is 4.79 Å². The van der Waals surface area contributed by atoms with E-state index >= 15 is 0 Å². The van der Waals surface area contributed by atoms with E-state index in [1.165, 1.54) is 16.4 Å². The van der Waals surface area contributed by atoms with Gasteiger partial charge in [0, 0.05) is 13.1 Å². The van der Waals surface area contributed by atoms with Crippen LogP contribution in [0.2, 0.25) is 0 Å². The van der Waals surface area contributed by atoms with Gasteiger partial charge in [-0.05, 0) is 30.2 Å². The SMILES string of the molecule is CCC(CC)n1nc(C)cc1NC(=O)CSc1nnnn1C. The number of aryl methyl sites for hydroxylation is 2. The van der Waals surface area contributed by atoms with E-state index in [-0.39, 0.29) is 11.7 Å². The quantitative estimate of drug-likeness (QED) is 0.781. The first kappa shape index (κ1) is 16.5. The Morgan fingerprint density at radius 3 is 2.73 bits per heavy atom. The van der Waals surface area contributed by atoms with E-state index in [0.29, 0.717) is 11.2 Å². The minimum absolute atomic E-state index is 0.0971. The van der Waals surface area contributed by atoms with Crippen LogP contribution in [-0.2, 0) is 11.8 Å². The summed E-state index contributed by atoms with van der Waals surface area (Å²) in [5, 5.41) is 19.1. The number of amides is 1. The van der Waals surface area contributed by atoms with E-state index < -0.39 is 0 Å². The molecule has 0 saturated heterocycles. The molecule has 120 valence electrons. The highest BCUT2D eigenvalue weighted by Crippen LogP contribution is 2.22.